The van der Waals surface area contributed by atoms with Gasteiger partial charge in [-0.15, -0.1) is 0 Å². The van der Waals surface area contributed by atoms with Crippen molar-refractivity contribution < 1.29 is 18.0 Å². The molecule has 0 radical (unpaired) electrons. The van der Waals surface area contributed by atoms with Gasteiger partial charge in [-0.3, -0.25) is 14.3 Å². The van der Waals surface area contributed by atoms with Crippen molar-refractivity contribution in [1.82, 2.24) is 19.4 Å². The van der Waals surface area contributed by atoms with Crippen molar-refractivity contribution in [3.63, 3.8) is 0 Å². The van der Waals surface area contributed by atoms with E-state index in [9.17, 15) is 18.0 Å². The van der Waals surface area contributed by atoms with E-state index < -0.39 is 15.9 Å². The number of nitrogens with one attached hydrogen (secondary N) is 2. The molecule has 0 spiro atoms. The highest BCUT2D eigenvalue weighted by molar-refractivity contribution is 7.88. The molecule has 1 fully saturated rings. The number of carbonyl (C=O) groups is 2. The second-order valence-electron chi connectivity index (χ2n) is 5.78. The van der Waals surface area contributed by atoms with Crippen LogP contribution in [0.15, 0.2) is 6.20 Å². The molecule has 1 saturated heterocycles. The average Bonchev–Trinajstić information content (AvgIpc) is 2.96. The summed E-state index contributed by atoms with van der Waals surface area (Å²) in [4.78, 5) is 24.4. The quantitative estimate of drug-likeness (QED) is 0.762. The lowest BCUT2D eigenvalue weighted by molar-refractivity contribution is -0.120. The van der Waals surface area contributed by atoms with Crippen LogP contribution >= 0.6 is 0 Å². The van der Waals surface area contributed by atoms with Crippen LogP contribution in [0.3, 0.4) is 0 Å². The van der Waals surface area contributed by atoms with E-state index >= 15 is 0 Å². The Morgan fingerprint density at radius 2 is 2.12 bits per heavy atom. The highest BCUT2D eigenvalue weighted by atomic mass is 32.2. The lowest BCUT2D eigenvalue weighted by Gasteiger charge is -2.30. The maximum absolute atomic E-state index is 12.5. The summed E-state index contributed by atoms with van der Waals surface area (Å²) >= 11 is 0. The molecule has 9 nitrogen and oxygen atoms in total. The number of rotatable bonds is 5. The van der Waals surface area contributed by atoms with Crippen LogP contribution in [0.1, 0.15) is 30.3 Å². The number of hydrogen-bond acceptors (Lipinski definition) is 5. The Morgan fingerprint density at radius 1 is 1.42 bits per heavy atom. The fourth-order valence-electron chi connectivity index (χ4n) is 2.65. The summed E-state index contributed by atoms with van der Waals surface area (Å²) in [5.41, 5.74) is 0.473. The topological polar surface area (TPSA) is 113 Å². The van der Waals surface area contributed by atoms with Gasteiger partial charge in [-0.05, 0) is 19.8 Å². The van der Waals surface area contributed by atoms with Crippen LogP contribution in [0, 0.1) is 5.92 Å². The summed E-state index contributed by atoms with van der Waals surface area (Å²) in [6.45, 7) is 3.02. The van der Waals surface area contributed by atoms with Crippen LogP contribution in [0.5, 0.6) is 0 Å². The Kier molecular flexibility index (Phi) is 5.60. The van der Waals surface area contributed by atoms with E-state index in [1.54, 1.807) is 10.9 Å². The molecule has 0 saturated carbocycles. The van der Waals surface area contributed by atoms with Crippen LogP contribution in [-0.2, 0) is 21.4 Å². The first-order valence-electron chi connectivity index (χ1n) is 7.81. The zero-order valence-corrected chi connectivity index (χ0v) is 14.9. The number of aryl methyl sites for hydroxylation is 1. The number of hydrogen-bond donors (Lipinski definition) is 2. The molecule has 0 unspecified atom stereocenters. The van der Waals surface area contributed by atoms with Crippen LogP contribution in [0.4, 0.5) is 5.69 Å². The van der Waals surface area contributed by atoms with Gasteiger partial charge in [0.05, 0.1) is 17.9 Å². The second kappa shape index (κ2) is 7.31. The van der Waals surface area contributed by atoms with Gasteiger partial charge in [0.15, 0.2) is 5.69 Å². The van der Waals surface area contributed by atoms with Crippen LogP contribution in [0.2, 0.25) is 0 Å². The number of piperidine rings is 1. The lowest BCUT2D eigenvalue weighted by atomic mass is 9.99. The number of sulfonamides is 1. The van der Waals surface area contributed by atoms with Gasteiger partial charge in [-0.25, -0.2) is 12.7 Å². The number of nitrogens with zero attached hydrogens (tertiary/aromatic N) is 3. The minimum absolute atomic E-state index is 0.142. The van der Waals surface area contributed by atoms with Crippen molar-refractivity contribution in [3.05, 3.63) is 11.9 Å². The summed E-state index contributed by atoms with van der Waals surface area (Å²) in [5, 5.41) is 9.34. The van der Waals surface area contributed by atoms with Crippen molar-refractivity contribution in [1.29, 1.82) is 0 Å². The molecular weight excluding hydrogens is 334 g/mol. The Bertz CT molecular complexity index is 728. The van der Waals surface area contributed by atoms with Crippen molar-refractivity contribution in [2.45, 2.75) is 26.3 Å². The van der Waals surface area contributed by atoms with E-state index in [1.807, 2.05) is 6.92 Å². The monoisotopic (exact) mass is 357 g/mol. The number of amides is 2. The highest BCUT2D eigenvalue weighted by Gasteiger charge is 2.31. The Balaban J connectivity index is 2.14. The van der Waals surface area contributed by atoms with Crippen LogP contribution < -0.4 is 10.6 Å². The lowest BCUT2D eigenvalue weighted by Crippen LogP contribution is -2.43. The molecule has 10 heteroatoms. The minimum Gasteiger partial charge on any atom is -0.354 e. The maximum Gasteiger partial charge on any atom is 0.273 e. The predicted octanol–water partition coefficient (Wildman–Crippen LogP) is -0.127. The molecule has 1 aliphatic heterocycles. The van der Waals surface area contributed by atoms with Crippen LogP contribution in [-0.4, -0.2) is 60.7 Å². The number of anilines is 1. The standard InChI is InChI=1S/C14H23N5O4S/c1-4-18-9-11(12(17-18)14(21)15-2)16-13(20)10-6-5-7-19(8-10)24(3,22)23/h9-10H,4-8H2,1-3H3,(H,15,21)(H,16,20)/t10-/m1/s1. The zero-order valence-electron chi connectivity index (χ0n) is 14.1. The molecule has 0 bridgehead atoms. The molecule has 1 aromatic heterocycles. The summed E-state index contributed by atoms with van der Waals surface area (Å²) in [6, 6.07) is 0. The molecule has 1 aliphatic rings. The van der Waals surface area contributed by atoms with Gasteiger partial charge in [-0.2, -0.15) is 5.10 Å². The molecule has 2 heterocycles. The Hall–Kier alpha value is -1.94. The normalized spacial score (nSPS) is 19.0. The van der Waals surface area contributed by atoms with Crippen molar-refractivity contribution >= 4 is 27.5 Å². The van der Waals surface area contributed by atoms with E-state index in [2.05, 4.69) is 15.7 Å². The maximum atomic E-state index is 12.5. The molecule has 1 aromatic rings. The third-order valence-corrected chi connectivity index (χ3v) is 5.28. The molecule has 134 valence electrons. The summed E-state index contributed by atoms with van der Waals surface area (Å²) < 4.78 is 26.2. The van der Waals surface area contributed by atoms with E-state index in [1.165, 1.54) is 11.4 Å². The first-order valence-corrected chi connectivity index (χ1v) is 9.66. The highest BCUT2D eigenvalue weighted by Crippen LogP contribution is 2.22. The smallest absolute Gasteiger partial charge is 0.273 e. The SMILES string of the molecule is CCn1cc(NC(=O)[C@@H]2CCCN(S(C)(=O)=O)C2)c(C(=O)NC)n1. The van der Waals surface area contributed by atoms with Crippen LogP contribution in [0.25, 0.3) is 0 Å². The fraction of sp³-hybridized carbons (Fsp3) is 0.643. The third-order valence-electron chi connectivity index (χ3n) is 4.01. The van der Waals surface area contributed by atoms with E-state index in [4.69, 9.17) is 0 Å². The second-order valence-corrected chi connectivity index (χ2v) is 7.76. The third kappa shape index (κ3) is 4.12. The molecule has 24 heavy (non-hydrogen) atoms. The fourth-order valence-corrected chi connectivity index (χ4v) is 3.56. The molecule has 1 atom stereocenters. The first kappa shape index (κ1) is 18.4. The Morgan fingerprint density at radius 3 is 2.71 bits per heavy atom. The van der Waals surface area contributed by atoms with Crippen molar-refractivity contribution in [2.24, 2.45) is 5.92 Å². The largest absolute Gasteiger partial charge is 0.354 e. The molecule has 0 aromatic carbocycles. The van der Waals surface area contributed by atoms with Gasteiger partial charge in [0.2, 0.25) is 15.9 Å². The molecule has 2 rings (SSSR count). The van der Waals surface area contributed by atoms with E-state index in [-0.39, 0.29) is 24.1 Å². The molecule has 2 amide bonds. The molecule has 2 N–H and O–H groups in total. The van der Waals surface area contributed by atoms with E-state index in [0.717, 1.165) is 6.26 Å². The van der Waals surface area contributed by atoms with Gasteiger partial charge >= 0.3 is 0 Å². The van der Waals surface area contributed by atoms with Gasteiger partial charge in [0.1, 0.15) is 0 Å². The summed E-state index contributed by atoms with van der Waals surface area (Å²) in [5.74, 6) is -1.14. The van der Waals surface area contributed by atoms with Gasteiger partial charge in [0.25, 0.3) is 5.91 Å². The van der Waals surface area contributed by atoms with Gasteiger partial charge in [-0.1, -0.05) is 0 Å². The van der Waals surface area contributed by atoms with Crippen molar-refractivity contribution in [3.8, 4) is 0 Å². The Labute approximate surface area is 141 Å². The first-order chi connectivity index (χ1) is 11.3. The predicted molar refractivity (Wildman–Crippen MR) is 89.1 cm³/mol. The zero-order chi connectivity index (χ0) is 17.9. The van der Waals surface area contributed by atoms with Crippen molar-refractivity contribution in [2.75, 3.05) is 31.7 Å². The van der Waals surface area contributed by atoms with E-state index in [0.29, 0.717) is 31.6 Å². The number of aromatic nitrogens is 2. The van der Waals surface area contributed by atoms with Gasteiger partial charge in [0, 0.05) is 32.9 Å². The summed E-state index contributed by atoms with van der Waals surface area (Å²) in [7, 11) is -1.83. The van der Waals surface area contributed by atoms with Gasteiger partial charge < -0.3 is 10.6 Å². The minimum atomic E-state index is -3.32. The summed E-state index contributed by atoms with van der Waals surface area (Å²) in [6.07, 6.45) is 3.97. The average molecular weight is 357 g/mol. The molecule has 0 aliphatic carbocycles. The number of carbonyl (C=O) groups excluding carboxylic acids is 2. The molecular formula is C14H23N5O4S.